The van der Waals surface area contributed by atoms with Gasteiger partial charge in [-0.3, -0.25) is 9.99 Å². The molecule has 0 aromatic carbocycles. The summed E-state index contributed by atoms with van der Waals surface area (Å²) in [6.45, 7) is 5.69. The van der Waals surface area contributed by atoms with Crippen LogP contribution in [-0.4, -0.2) is 57.9 Å². The van der Waals surface area contributed by atoms with Gasteiger partial charge in [0.1, 0.15) is 5.82 Å². The summed E-state index contributed by atoms with van der Waals surface area (Å²) in [4.78, 5) is 20.5. The molecule has 0 bridgehead atoms. The van der Waals surface area contributed by atoms with Crippen molar-refractivity contribution in [2.24, 2.45) is 5.84 Å². The van der Waals surface area contributed by atoms with Gasteiger partial charge in [0.25, 0.3) is 0 Å². The number of aryl methyl sites for hydroxylation is 1. The molecule has 1 fully saturated rings. The van der Waals surface area contributed by atoms with Gasteiger partial charge in [0.15, 0.2) is 17.0 Å². The Labute approximate surface area is 151 Å². The number of nitrogens with two attached hydrogens (primary N) is 1. The van der Waals surface area contributed by atoms with Crippen LogP contribution in [0.2, 0.25) is 0 Å². The third kappa shape index (κ3) is 2.85. The Kier molecular flexibility index (Phi) is 4.39. The fourth-order valence-corrected chi connectivity index (χ4v) is 3.15. The van der Waals surface area contributed by atoms with Crippen molar-refractivity contribution in [3.8, 4) is 11.4 Å². The van der Waals surface area contributed by atoms with Crippen LogP contribution in [0, 0.1) is 0 Å². The Bertz CT molecular complexity index is 902. The molecular weight excluding hydrogens is 332 g/mol. The second-order valence-corrected chi connectivity index (χ2v) is 6.15. The number of hydrogen-bond acceptors (Lipinski definition) is 8. The van der Waals surface area contributed by atoms with Crippen molar-refractivity contribution in [2.45, 2.75) is 13.5 Å². The van der Waals surface area contributed by atoms with Gasteiger partial charge < -0.3 is 14.2 Å². The average molecular weight is 354 g/mol. The van der Waals surface area contributed by atoms with Crippen LogP contribution in [0.15, 0.2) is 24.5 Å². The van der Waals surface area contributed by atoms with Crippen LogP contribution < -0.4 is 15.8 Å². The minimum Gasteiger partial charge on any atom is -0.378 e. The molecule has 26 heavy (non-hydrogen) atoms. The highest BCUT2D eigenvalue weighted by molar-refractivity contribution is 5.88. The second-order valence-electron chi connectivity index (χ2n) is 6.15. The molecule has 4 rings (SSSR count). The van der Waals surface area contributed by atoms with E-state index in [0.717, 1.165) is 48.0 Å². The molecule has 4 heterocycles. The van der Waals surface area contributed by atoms with E-state index in [1.54, 1.807) is 19.4 Å². The molecule has 3 aromatic rings. The Morgan fingerprint density at radius 1 is 1.15 bits per heavy atom. The van der Waals surface area contributed by atoms with Gasteiger partial charge in [0.05, 0.1) is 13.2 Å². The number of hydrazine groups is 1. The third-order valence-corrected chi connectivity index (χ3v) is 4.45. The largest absolute Gasteiger partial charge is 0.378 e. The number of pyridine rings is 1. The van der Waals surface area contributed by atoms with Gasteiger partial charge in [-0.05, 0) is 19.1 Å². The van der Waals surface area contributed by atoms with Gasteiger partial charge in [-0.2, -0.15) is 9.97 Å². The zero-order chi connectivity index (χ0) is 18.1. The predicted molar refractivity (Wildman–Crippen MR) is 99.9 cm³/mol. The van der Waals surface area contributed by atoms with Gasteiger partial charge >= 0.3 is 0 Å². The molecule has 0 atom stereocenters. The first-order chi connectivity index (χ1) is 12.7. The third-order valence-electron chi connectivity index (χ3n) is 4.45. The van der Waals surface area contributed by atoms with E-state index in [2.05, 4.69) is 31.3 Å². The summed E-state index contributed by atoms with van der Waals surface area (Å²) in [5.41, 5.74) is 2.56. The lowest BCUT2D eigenvalue weighted by Gasteiger charge is -2.28. The van der Waals surface area contributed by atoms with E-state index < -0.39 is 0 Å². The number of imidazole rings is 1. The maximum absolute atomic E-state index is 5.94. The molecule has 0 radical (unpaired) electrons. The molecule has 0 aliphatic carbocycles. The standard InChI is InChI=1S/C17H22N8O/c1-3-25-14(12-4-6-19-7-5-12)20-13-15(24-8-10-26-11-9-24)21-17(23(2)18)22-16(13)25/h4-7H,3,8-11,18H2,1-2H3. The van der Waals surface area contributed by atoms with Crippen molar-refractivity contribution in [1.29, 1.82) is 0 Å². The molecule has 1 saturated heterocycles. The van der Waals surface area contributed by atoms with E-state index in [-0.39, 0.29) is 0 Å². The van der Waals surface area contributed by atoms with E-state index in [4.69, 9.17) is 15.6 Å². The number of anilines is 2. The van der Waals surface area contributed by atoms with Crippen LogP contribution >= 0.6 is 0 Å². The summed E-state index contributed by atoms with van der Waals surface area (Å²) in [5, 5.41) is 1.43. The molecule has 0 spiro atoms. The number of nitrogens with zero attached hydrogens (tertiary/aromatic N) is 7. The fraction of sp³-hybridized carbons (Fsp3) is 0.412. The summed E-state index contributed by atoms with van der Waals surface area (Å²) < 4.78 is 7.56. The highest BCUT2D eigenvalue weighted by Crippen LogP contribution is 2.30. The van der Waals surface area contributed by atoms with Crippen LogP contribution in [0.5, 0.6) is 0 Å². The summed E-state index contributed by atoms with van der Waals surface area (Å²) in [6, 6.07) is 3.90. The number of hydrogen-bond donors (Lipinski definition) is 1. The maximum Gasteiger partial charge on any atom is 0.243 e. The number of fused-ring (bicyclic) bond motifs is 1. The first kappa shape index (κ1) is 16.7. The average Bonchev–Trinajstić information content (AvgIpc) is 3.07. The van der Waals surface area contributed by atoms with Gasteiger partial charge in [0.2, 0.25) is 5.95 Å². The van der Waals surface area contributed by atoms with Crippen LogP contribution in [-0.2, 0) is 11.3 Å². The molecule has 0 unspecified atom stereocenters. The predicted octanol–water partition coefficient (Wildman–Crippen LogP) is 1.05. The molecule has 2 N–H and O–H groups in total. The highest BCUT2D eigenvalue weighted by Gasteiger charge is 2.23. The molecule has 1 aliphatic heterocycles. The van der Waals surface area contributed by atoms with E-state index in [1.165, 1.54) is 5.01 Å². The van der Waals surface area contributed by atoms with Crippen molar-refractivity contribution in [3.63, 3.8) is 0 Å². The molecule has 0 amide bonds. The van der Waals surface area contributed by atoms with Gasteiger partial charge in [0, 0.05) is 44.6 Å². The fourth-order valence-electron chi connectivity index (χ4n) is 3.15. The molecule has 9 heteroatoms. The van der Waals surface area contributed by atoms with Gasteiger partial charge in [-0.15, -0.1) is 0 Å². The zero-order valence-corrected chi connectivity index (χ0v) is 15.0. The number of morpholine rings is 1. The van der Waals surface area contributed by atoms with Crippen molar-refractivity contribution >= 4 is 22.9 Å². The molecular formula is C17H22N8O. The SMILES string of the molecule is CCn1c(-c2ccncc2)nc2c(N3CCOCC3)nc(N(C)N)nc21. The van der Waals surface area contributed by atoms with Gasteiger partial charge in [-0.25, -0.2) is 10.8 Å². The highest BCUT2D eigenvalue weighted by atomic mass is 16.5. The monoisotopic (exact) mass is 354 g/mol. The number of aromatic nitrogens is 5. The van der Waals surface area contributed by atoms with Crippen molar-refractivity contribution < 1.29 is 4.74 Å². The molecule has 0 saturated carbocycles. The summed E-state index contributed by atoms with van der Waals surface area (Å²) in [6.07, 6.45) is 3.53. The second kappa shape index (κ2) is 6.85. The smallest absolute Gasteiger partial charge is 0.243 e. The minimum atomic E-state index is 0.467. The van der Waals surface area contributed by atoms with E-state index >= 15 is 0 Å². The van der Waals surface area contributed by atoms with Crippen LogP contribution in [0.3, 0.4) is 0 Å². The molecule has 3 aromatic heterocycles. The lowest BCUT2D eigenvalue weighted by atomic mass is 10.2. The lowest BCUT2D eigenvalue weighted by Crippen LogP contribution is -2.37. The zero-order valence-electron chi connectivity index (χ0n) is 15.0. The van der Waals surface area contributed by atoms with Crippen LogP contribution in [0.25, 0.3) is 22.6 Å². The van der Waals surface area contributed by atoms with E-state index in [1.807, 2.05) is 12.1 Å². The van der Waals surface area contributed by atoms with E-state index in [9.17, 15) is 0 Å². The Balaban J connectivity index is 1.96. The first-order valence-corrected chi connectivity index (χ1v) is 8.69. The topological polar surface area (TPSA) is 98.2 Å². The quantitative estimate of drug-likeness (QED) is 0.548. The van der Waals surface area contributed by atoms with Crippen molar-refractivity contribution in [2.75, 3.05) is 43.3 Å². The number of ether oxygens (including phenoxy) is 1. The van der Waals surface area contributed by atoms with E-state index in [0.29, 0.717) is 19.2 Å². The lowest BCUT2D eigenvalue weighted by molar-refractivity contribution is 0.122. The molecule has 136 valence electrons. The Morgan fingerprint density at radius 3 is 2.54 bits per heavy atom. The van der Waals surface area contributed by atoms with Crippen molar-refractivity contribution in [3.05, 3.63) is 24.5 Å². The Hall–Kier alpha value is -2.78. The summed E-state index contributed by atoms with van der Waals surface area (Å²) in [7, 11) is 1.74. The normalized spacial score (nSPS) is 14.8. The minimum absolute atomic E-state index is 0.467. The summed E-state index contributed by atoms with van der Waals surface area (Å²) >= 11 is 0. The first-order valence-electron chi connectivity index (χ1n) is 8.69. The molecule has 1 aliphatic rings. The maximum atomic E-state index is 5.94. The molecule has 9 nitrogen and oxygen atoms in total. The summed E-state index contributed by atoms with van der Waals surface area (Å²) in [5.74, 6) is 8.06. The Morgan fingerprint density at radius 2 is 1.88 bits per heavy atom. The van der Waals surface area contributed by atoms with Crippen molar-refractivity contribution in [1.82, 2.24) is 24.5 Å². The van der Waals surface area contributed by atoms with Crippen LogP contribution in [0.4, 0.5) is 11.8 Å². The van der Waals surface area contributed by atoms with Crippen LogP contribution in [0.1, 0.15) is 6.92 Å². The van der Waals surface area contributed by atoms with Gasteiger partial charge in [-0.1, -0.05) is 0 Å². The number of rotatable bonds is 4.